The molecule has 24 heavy (non-hydrogen) atoms. The van der Waals surface area contributed by atoms with Crippen LogP contribution in [0.15, 0.2) is 34.9 Å². The molecule has 0 spiro atoms. The van der Waals surface area contributed by atoms with Crippen molar-refractivity contribution in [3.05, 3.63) is 47.5 Å². The fraction of sp³-hybridized carbons (Fsp3) is 0.412. The first-order valence-corrected chi connectivity index (χ1v) is 7.89. The van der Waals surface area contributed by atoms with Crippen molar-refractivity contribution < 1.29 is 18.8 Å². The highest BCUT2D eigenvalue weighted by Gasteiger charge is 2.36. The predicted molar refractivity (Wildman–Crippen MR) is 85.8 cm³/mol. The van der Waals surface area contributed by atoms with Crippen LogP contribution in [0, 0.1) is 12.7 Å². The molecule has 0 atom stereocenters. The third-order valence-corrected chi connectivity index (χ3v) is 4.32. The number of aliphatic hydroxyl groups is 1. The Morgan fingerprint density at radius 3 is 2.75 bits per heavy atom. The van der Waals surface area contributed by atoms with Crippen molar-refractivity contribution in [2.45, 2.75) is 25.4 Å². The van der Waals surface area contributed by atoms with E-state index in [1.807, 2.05) is 4.90 Å². The molecule has 1 aromatic carbocycles. The maximum atomic E-state index is 13.9. The van der Waals surface area contributed by atoms with Gasteiger partial charge < -0.3 is 14.9 Å². The summed E-state index contributed by atoms with van der Waals surface area (Å²) in [6.45, 7) is 2.96. The number of rotatable bonds is 4. The standard InChI is InChI=1S/C17H20FN3O3/c1-12-10-15(20-24-12)19-16(22)11-21-8-6-17(23,7-9-21)13-4-2-3-5-14(13)18/h2-5,10,23H,6-9,11H2,1H3,(H,19,20,22). The second-order valence-electron chi connectivity index (χ2n) is 6.16. The molecule has 7 heteroatoms. The molecule has 6 nitrogen and oxygen atoms in total. The number of hydrogen-bond acceptors (Lipinski definition) is 5. The van der Waals surface area contributed by atoms with Gasteiger partial charge in [0.2, 0.25) is 5.91 Å². The van der Waals surface area contributed by atoms with Gasteiger partial charge in [-0.3, -0.25) is 9.69 Å². The average molecular weight is 333 g/mol. The van der Waals surface area contributed by atoms with E-state index in [0.717, 1.165) is 0 Å². The average Bonchev–Trinajstić information content (AvgIpc) is 2.95. The topological polar surface area (TPSA) is 78.6 Å². The van der Waals surface area contributed by atoms with Crippen LogP contribution in [-0.2, 0) is 10.4 Å². The summed E-state index contributed by atoms with van der Waals surface area (Å²) in [6.07, 6.45) is 0.758. The summed E-state index contributed by atoms with van der Waals surface area (Å²) in [5.41, 5.74) is -0.853. The van der Waals surface area contributed by atoms with E-state index in [2.05, 4.69) is 10.5 Å². The van der Waals surface area contributed by atoms with Crippen LogP contribution in [0.5, 0.6) is 0 Å². The Bertz CT molecular complexity index is 723. The fourth-order valence-electron chi connectivity index (χ4n) is 3.00. The summed E-state index contributed by atoms with van der Waals surface area (Å²) >= 11 is 0. The predicted octanol–water partition coefficient (Wildman–Crippen LogP) is 2.04. The number of likely N-dealkylation sites (tertiary alicyclic amines) is 1. The highest BCUT2D eigenvalue weighted by Crippen LogP contribution is 2.34. The third-order valence-electron chi connectivity index (χ3n) is 4.32. The molecule has 0 unspecified atom stereocenters. The molecule has 3 rings (SSSR count). The number of hydrogen-bond donors (Lipinski definition) is 2. The lowest BCUT2D eigenvalue weighted by molar-refractivity contribution is -0.118. The summed E-state index contributed by atoms with van der Waals surface area (Å²) in [5, 5.41) is 17.1. The van der Waals surface area contributed by atoms with Crippen LogP contribution < -0.4 is 5.32 Å². The molecular formula is C17H20FN3O3. The quantitative estimate of drug-likeness (QED) is 0.895. The van der Waals surface area contributed by atoms with Crippen LogP contribution in [0.2, 0.25) is 0 Å². The van der Waals surface area contributed by atoms with E-state index in [1.54, 1.807) is 31.2 Å². The van der Waals surface area contributed by atoms with Crippen molar-refractivity contribution >= 4 is 11.7 Å². The van der Waals surface area contributed by atoms with Crippen LogP contribution >= 0.6 is 0 Å². The number of benzene rings is 1. The molecule has 0 bridgehead atoms. The van der Waals surface area contributed by atoms with E-state index in [-0.39, 0.29) is 12.5 Å². The van der Waals surface area contributed by atoms with Gasteiger partial charge in [-0.25, -0.2) is 4.39 Å². The van der Waals surface area contributed by atoms with Gasteiger partial charge in [-0.15, -0.1) is 0 Å². The number of piperidine rings is 1. The van der Waals surface area contributed by atoms with Crippen LogP contribution in [0.25, 0.3) is 0 Å². The monoisotopic (exact) mass is 333 g/mol. The molecule has 2 heterocycles. The van der Waals surface area contributed by atoms with Crippen molar-refractivity contribution in [3.63, 3.8) is 0 Å². The van der Waals surface area contributed by atoms with Crippen molar-refractivity contribution in [2.24, 2.45) is 0 Å². The van der Waals surface area contributed by atoms with E-state index in [4.69, 9.17) is 4.52 Å². The first-order valence-electron chi connectivity index (χ1n) is 7.89. The van der Waals surface area contributed by atoms with Crippen LogP contribution in [-0.4, -0.2) is 40.7 Å². The molecule has 1 amide bonds. The van der Waals surface area contributed by atoms with E-state index < -0.39 is 11.4 Å². The van der Waals surface area contributed by atoms with Crippen LogP contribution in [0.1, 0.15) is 24.2 Å². The summed E-state index contributed by atoms with van der Waals surface area (Å²) in [4.78, 5) is 13.9. The normalized spacial score (nSPS) is 17.6. The lowest BCUT2D eigenvalue weighted by Gasteiger charge is -2.38. The molecule has 2 aromatic rings. The molecule has 1 saturated heterocycles. The SMILES string of the molecule is Cc1cc(NC(=O)CN2CCC(O)(c3ccccc3F)CC2)no1. The van der Waals surface area contributed by atoms with Gasteiger partial charge in [0.25, 0.3) is 0 Å². The Labute approximate surface area is 139 Å². The van der Waals surface area contributed by atoms with Crippen molar-refractivity contribution in [2.75, 3.05) is 25.0 Å². The number of nitrogens with zero attached hydrogens (tertiary/aromatic N) is 2. The first kappa shape index (κ1) is 16.6. The maximum Gasteiger partial charge on any atom is 0.239 e. The minimum Gasteiger partial charge on any atom is -0.385 e. The van der Waals surface area contributed by atoms with Gasteiger partial charge in [0.1, 0.15) is 11.6 Å². The smallest absolute Gasteiger partial charge is 0.239 e. The number of carbonyl (C=O) groups excluding carboxylic acids is 1. The minimum atomic E-state index is -1.18. The Kier molecular flexibility index (Phi) is 4.64. The molecule has 1 aliphatic heterocycles. The van der Waals surface area contributed by atoms with Crippen molar-refractivity contribution in [3.8, 4) is 0 Å². The number of amides is 1. The van der Waals surface area contributed by atoms with E-state index >= 15 is 0 Å². The summed E-state index contributed by atoms with van der Waals surface area (Å²) in [5.74, 6) is 0.419. The molecule has 0 aliphatic carbocycles. The zero-order valence-electron chi connectivity index (χ0n) is 13.5. The van der Waals surface area contributed by atoms with Gasteiger partial charge in [0.15, 0.2) is 5.82 Å². The van der Waals surface area contributed by atoms with E-state index in [1.165, 1.54) is 6.07 Å². The Hall–Kier alpha value is -2.25. The van der Waals surface area contributed by atoms with Crippen LogP contribution in [0.4, 0.5) is 10.2 Å². The van der Waals surface area contributed by atoms with Gasteiger partial charge in [0, 0.05) is 24.7 Å². The molecule has 0 radical (unpaired) electrons. The van der Waals surface area contributed by atoms with Crippen LogP contribution in [0.3, 0.4) is 0 Å². The molecule has 1 fully saturated rings. The third kappa shape index (κ3) is 3.63. The molecule has 1 aromatic heterocycles. The van der Waals surface area contributed by atoms with Gasteiger partial charge in [0.05, 0.1) is 12.1 Å². The summed E-state index contributed by atoms with van der Waals surface area (Å²) < 4.78 is 18.8. The van der Waals surface area contributed by atoms with Gasteiger partial charge in [-0.2, -0.15) is 0 Å². The zero-order valence-corrected chi connectivity index (χ0v) is 13.5. The zero-order chi connectivity index (χ0) is 17.2. The first-order chi connectivity index (χ1) is 11.5. The molecule has 0 saturated carbocycles. The van der Waals surface area contributed by atoms with Gasteiger partial charge in [-0.05, 0) is 25.8 Å². The highest BCUT2D eigenvalue weighted by molar-refractivity contribution is 5.91. The number of nitrogens with one attached hydrogen (secondary N) is 1. The molecule has 2 N–H and O–H groups in total. The summed E-state index contributed by atoms with van der Waals surface area (Å²) in [7, 11) is 0. The molecular weight excluding hydrogens is 313 g/mol. The minimum absolute atomic E-state index is 0.194. The van der Waals surface area contributed by atoms with Crippen molar-refractivity contribution in [1.29, 1.82) is 0 Å². The second kappa shape index (κ2) is 6.70. The maximum absolute atomic E-state index is 13.9. The van der Waals surface area contributed by atoms with E-state index in [0.29, 0.717) is 43.1 Å². The number of anilines is 1. The fourth-order valence-corrected chi connectivity index (χ4v) is 3.00. The number of carbonyl (C=O) groups is 1. The Morgan fingerprint density at radius 1 is 1.42 bits per heavy atom. The van der Waals surface area contributed by atoms with Gasteiger partial charge >= 0.3 is 0 Å². The Balaban J connectivity index is 1.55. The molecule has 128 valence electrons. The highest BCUT2D eigenvalue weighted by atomic mass is 19.1. The lowest BCUT2D eigenvalue weighted by Crippen LogP contribution is -2.45. The Morgan fingerprint density at radius 2 is 2.12 bits per heavy atom. The largest absolute Gasteiger partial charge is 0.385 e. The second-order valence-corrected chi connectivity index (χ2v) is 6.16. The molecule has 1 aliphatic rings. The summed E-state index contributed by atoms with van der Waals surface area (Å²) in [6, 6.07) is 7.94. The number of halogens is 1. The number of aromatic nitrogens is 1. The van der Waals surface area contributed by atoms with Gasteiger partial charge in [-0.1, -0.05) is 23.4 Å². The lowest BCUT2D eigenvalue weighted by atomic mass is 9.84. The van der Waals surface area contributed by atoms with E-state index in [9.17, 15) is 14.3 Å². The number of aryl methyl sites for hydroxylation is 1. The van der Waals surface area contributed by atoms with Crippen molar-refractivity contribution in [1.82, 2.24) is 10.1 Å².